The molecule has 0 bridgehead atoms. The molecule has 0 aliphatic rings. The maximum Gasteiger partial charge on any atom is 0.414 e. The Morgan fingerprint density at radius 3 is 2.56 bits per heavy atom. The predicted octanol–water partition coefficient (Wildman–Crippen LogP) is 1.75. The molecule has 0 saturated carbocycles. The van der Waals surface area contributed by atoms with Crippen LogP contribution in [-0.4, -0.2) is 45.8 Å². The van der Waals surface area contributed by atoms with E-state index >= 15 is 0 Å². The molecule has 0 spiro atoms. The minimum absolute atomic E-state index is 0.0298. The van der Waals surface area contributed by atoms with E-state index < -0.39 is 30.5 Å². The number of anilines is 1. The zero-order chi connectivity index (χ0) is 28.8. The Morgan fingerprint density at radius 1 is 1.10 bits per heavy atom. The first kappa shape index (κ1) is 31.2. The molecule has 1 atom stereocenters. The molecule has 1 aromatic carbocycles. The lowest BCUT2D eigenvalue weighted by atomic mass is 10.1. The topological polar surface area (TPSA) is 185 Å². The van der Waals surface area contributed by atoms with E-state index in [0.717, 1.165) is 17.8 Å². The third-order valence-corrected chi connectivity index (χ3v) is 6.03. The highest BCUT2D eigenvalue weighted by Gasteiger charge is 2.39. The molecular weight excluding hydrogens is 539 g/mol. The summed E-state index contributed by atoms with van der Waals surface area (Å²) < 4.78 is 37.1. The van der Waals surface area contributed by atoms with Gasteiger partial charge < -0.3 is 32.5 Å². The second-order valence-corrected chi connectivity index (χ2v) is 9.48. The van der Waals surface area contributed by atoms with E-state index in [1.165, 1.54) is 17.4 Å². The van der Waals surface area contributed by atoms with E-state index in [2.05, 4.69) is 26.1 Å². The molecular formula is C24H30F3N7O4S. The van der Waals surface area contributed by atoms with Gasteiger partial charge in [-0.05, 0) is 42.5 Å². The van der Waals surface area contributed by atoms with Crippen molar-refractivity contribution in [3.8, 4) is 0 Å². The molecule has 0 aliphatic heterocycles. The van der Waals surface area contributed by atoms with Gasteiger partial charge in [0, 0.05) is 18.7 Å². The zero-order valence-electron chi connectivity index (χ0n) is 20.8. The summed E-state index contributed by atoms with van der Waals surface area (Å²) in [5.74, 6) is -1.25. The summed E-state index contributed by atoms with van der Waals surface area (Å²) in [6.07, 6.45) is -2.18. The van der Waals surface area contributed by atoms with Gasteiger partial charge in [-0.3, -0.25) is 14.4 Å². The van der Waals surface area contributed by atoms with Crippen LogP contribution >= 0.6 is 11.3 Å². The first-order valence-electron chi connectivity index (χ1n) is 11.8. The minimum atomic E-state index is -4.87. The van der Waals surface area contributed by atoms with Crippen LogP contribution in [0.15, 0.2) is 47.9 Å². The number of rotatable bonds is 15. The van der Waals surface area contributed by atoms with Crippen molar-refractivity contribution in [3.05, 3.63) is 64.1 Å². The van der Waals surface area contributed by atoms with E-state index in [1.54, 1.807) is 30.3 Å². The van der Waals surface area contributed by atoms with E-state index in [-0.39, 0.29) is 18.8 Å². The highest BCUT2D eigenvalue weighted by molar-refractivity contribution is 7.15. The van der Waals surface area contributed by atoms with Crippen LogP contribution in [0.3, 0.4) is 0 Å². The summed E-state index contributed by atoms with van der Waals surface area (Å²) in [5.41, 5.74) is 13.6. The van der Waals surface area contributed by atoms with Crippen LogP contribution in [0, 0.1) is 0 Å². The molecule has 11 nitrogen and oxygen atoms in total. The number of aromatic nitrogens is 2. The first-order valence-corrected chi connectivity index (χ1v) is 12.6. The van der Waals surface area contributed by atoms with Crippen molar-refractivity contribution in [1.29, 1.82) is 0 Å². The number of alkyl halides is 3. The van der Waals surface area contributed by atoms with Crippen molar-refractivity contribution in [2.75, 3.05) is 5.32 Å². The van der Waals surface area contributed by atoms with Gasteiger partial charge >= 0.3 is 6.18 Å². The Bertz CT molecular complexity index is 1180. The van der Waals surface area contributed by atoms with Crippen LogP contribution in [-0.2, 0) is 33.8 Å². The average molecular weight is 570 g/mol. The van der Waals surface area contributed by atoms with Crippen LogP contribution in [0.1, 0.15) is 41.8 Å². The lowest BCUT2D eigenvalue weighted by molar-refractivity contribution is -0.205. The molecule has 1 unspecified atom stereocenters. The lowest BCUT2D eigenvalue weighted by Crippen LogP contribution is -2.35. The van der Waals surface area contributed by atoms with E-state index in [9.17, 15) is 27.6 Å². The molecule has 0 aliphatic carbocycles. The molecule has 2 rings (SSSR count). The molecule has 0 radical (unpaired) electrons. The Balaban J connectivity index is 1.74. The highest BCUT2D eigenvalue weighted by Crippen LogP contribution is 2.22. The third-order valence-electron chi connectivity index (χ3n) is 5.12. The summed E-state index contributed by atoms with van der Waals surface area (Å²) >= 11 is 1.31. The number of allylic oxidation sites excluding steroid dienone is 3. The SMILES string of the molecule is N/C(=C\C=C(/N)NC(=O)Cc1cccc(CNC(=O)CC(O)C(F)(F)F)c1)CCCCc1nnc(NC=O)s1. The average Bonchev–Trinajstić information content (AvgIpc) is 3.31. The molecule has 0 fully saturated rings. The molecule has 212 valence electrons. The number of aryl methyl sites for hydroxylation is 1. The number of nitrogens with two attached hydrogens (primary N) is 2. The lowest BCUT2D eigenvalue weighted by Gasteiger charge is -2.14. The molecule has 1 aromatic heterocycles. The number of amides is 3. The Kier molecular flexibility index (Phi) is 12.4. The van der Waals surface area contributed by atoms with Crippen molar-refractivity contribution in [2.24, 2.45) is 11.5 Å². The second kappa shape index (κ2) is 15.4. The van der Waals surface area contributed by atoms with Crippen LogP contribution < -0.4 is 27.4 Å². The Morgan fingerprint density at radius 2 is 1.85 bits per heavy atom. The number of carbonyl (C=O) groups excluding carboxylic acids is 3. The summed E-state index contributed by atoms with van der Waals surface area (Å²) in [4.78, 5) is 34.4. The first-order chi connectivity index (χ1) is 18.5. The maximum atomic E-state index is 12.4. The number of nitrogens with one attached hydrogen (secondary N) is 3. The predicted molar refractivity (Wildman–Crippen MR) is 139 cm³/mol. The molecule has 2 aromatic rings. The molecule has 15 heteroatoms. The van der Waals surface area contributed by atoms with Gasteiger partial charge in [-0.2, -0.15) is 13.2 Å². The van der Waals surface area contributed by atoms with Gasteiger partial charge in [-0.1, -0.05) is 35.6 Å². The van der Waals surface area contributed by atoms with Crippen molar-refractivity contribution in [1.82, 2.24) is 20.8 Å². The number of hydrogen-bond donors (Lipinski definition) is 6. The number of aliphatic hydroxyl groups excluding tert-OH is 1. The minimum Gasteiger partial charge on any atom is -0.402 e. The summed E-state index contributed by atoms with van der Waals surface area (Å²) in [6.45, 7) is -0.0654. The molecule has 3 amide bonds. The second-order valence-electron chi connectivity index (χ2n) is 8.42. The van der Waals surface area contributed by atoms with Crippen LogP contribution in [0.5, 0.6) is 0 Å². The number of unbranched alkanes of at least 4 members (excludes halogenated alkanes) is 1. The quantitative estimate of drug-likeness (QED) is 0.106. The normalized spacial score (nSPS) is 13.0. The monoisotopic (exact) mass is 569 g/mol. The maximum absolute atomic E-state index is 12.4. The molecule has 39 heavy (non-hydrogen) atoms. The van der Waals surface area contributed by atoms with Gasteiger partial charge in [0.25, 0.3) is 0 Å². The van der Waals surface area contributed by atoms with E-state index in [4.69, 9.17) is 16.6 Å². The fourth-order valence-corrected chi connectivity index (χ4v) is 3.93. The number of carbonyl (C=O) groups is 3. The number of nitrogens with zero attached hydrogens (tertiary/aromatic N) is 2. The standard InChI is InChI=1S/C24H30F3N7O4S/c25-24(26,27)18(36)12-20(37)30-13-16-5-3-4-15(10-16)11-21(38)32-19(29)9-8-17(28)6-1-2-7-22-33-34-23(39-22)31-14-35/h3-5,8-10,14,18,36H,1-2,6-7,11-13,28-29H2,(H,30,37)(H,32,38)(H,31,34,35)/b17-8-,19-9+. The highest BCUT2D eigenvalue weighted by atomic mass is 32.1. The Hall–Kier alpha value is -3.98. The number of benzene rings is 1. The smallest absolute Gasteiger partial charge is 0.402 e. The fourth-order valence-electron chi connectivity index (χ4n) is 3.19. The fraction of sp³-hybridized carbons (Fsp3) is 0.375. The zero-order valence-corrected chi connectivity index (χ0v) is 21.6. The van der Waals surface area contributed by atoms with E-state index in [1.807, 2.05) is 0 Å². The van der Waals surface area contributed by atoms with Gasteiger partial charge in [0.2, 0.25) is 23.4 Å². The number of halogens is 3. The van der Waals surface area contributed by atoms with Gasteiger partial charge in [-0.15, -0.1) is 10.2 Å². The Labute approximate surface area is 226 Å². The van der Waals surface area contributed by atoms with Crippen LogP contribution in [0.25, 0.3) is 0 Å². The van der Waals surface area contributed by atoms with Gasteiger partial charge in [0.1, 0.15) is 10.8 Å². The van der Waals surface area contributed by atoms with Gasteiger partial charge in [0.15, 0.2) is 6.10 Å². The van der Waals surface area contributed by atoms with E-state index in [0.29, 0.717) is 41.2 Å². The summed E-state index contributed by atoms with van der Waals surface area (Å²) in [6, 6.07) is 6.58. The van der Waals surface area contributed by atoms with Gasteiger partial charge in [-0.25, -0.2) is 0 Å². The van der Waals surface area contributed by atoms with Gasteiger partial charge in [0.05, 0.1) is 12.8 Å². The number of aliphatic hydroxyl groups is 1. The van der Waals surface area contributed by atoms with Crippen molar-refractivity contribution in [2.45, 2.75) is 57.3 Å². The summed E-state index contributed by atoms with van der Waals surface area (Å²) in [5, 5.41) is 25.3. The van der Waals surface area contributed by atoms with Crippen molar-refractivity contribution >= 4 is 34.7 Å². The summed E-state index contributed by atoms with van der Waals surface area (Å²) in [7, 11) is 0. The van der Waals surface area contributed by atoms with Crippen LogP contribution in [0.2, 0.25) is 0 Å². The van der Waals surface area contributed by atoms with Crippen molar-refractivity contribution < 1.29 is 32.7 Å². The molecule has 1 heterocycles. The largest absolute Gasteiger partial charge is 0.414 e. The van der Waals surface area contributed by atoms with Crippen molar-refractivity contribution in [3.63, 3.8) is 0 Å². The van der Waals surface area contributed by atoms with Crippen LogP contribution in [0.4, 0.5) is 18.3 Å². The number of hydrogen-bond acceptors (Lipinski definition) is 9. The molecule has 8 N–H and O–H groups in total. The molecule has 0 saturated heterocycles. The third kappa shape index (κ3) is 12.4.